The molecule has 0 amide bonds. The summed E-state index contributed by atoms with van der Waals surface area (Å²) in [6.45, 7) is 0. The number of quaternary nitrogens is 1. The third-order valence-electron chi connectivity index (χ3n) is 1.10. The predicted molar refractivity (Wildman–Crippen MR) is 29.3 cm³/mol. The van der Waals surface area contributed by atoms with Gasteiger partial charge in [0, 0.05) is 12.0 Å². The third kappa shape index (κ3) is 1.75. The Labute approximate surface area is 49.5 Å². The number of nitrogens with zero attached hydrogens (tertiary/aromatic N) is 1. The Hall–Kier alpha value is -0.160. The lowest BCUT2D eigenvalue weighted by atomic mass is 11.3. The molecule has 0 atom stereocenters. The van der Waals surface area contributed by atoms with Gasteiger partial charge in [0.15, 0.2) is 7.05 Å². The van der Waals surface area contributed by atoms with Crippen molar-refractivity contribution in [1.29, 1.82) is 0 Å². The summed E-state index contributed by atoms with van der Waals surface area (Å²) in [6.07, 6.45) is 0. The van der Waals surface area contributed by atoms with Crippen LogP contribution in [0, 0.1) is 0 Å². The maximum atomic E-state index is 4.84. The molecular formula is C4H13N2O2+. The van der Waals surface area contributed by atoms with Crippen LogP contribution in [0.4, 0.5) is 0 Å². The molecule has 0 aromatic carbocycles. The van der Waals surface area contributed by atoms with E-state index in [4.69, 9.17) is 9.68 Å². The predicted octanol–water partition coefficient (Wildman–Crippen LogP) is -0.310. The van der Waals surface area contributed by atoms with Gasteiger partial charge in [-0.15, -0.1) is 15.1 Å². The summed E-state index contributed by atoms with van der Waals surface area (Å²) < 4.78 is 0. The van der Waals surface area contributed by atoms with E-state index in [1.807, 2.05) is 0 Å². The van der Waals surface area contributed by atoms with Gasteiger partial charge in [0.25, 0.3) is 0 Å². The number of rotatable bonds is 3. The standard InChI is InChI=1S/C4H13N2O2/c1-5-6(2,7-3)8-4/h5H,1-4H3/q+1. The molecule has 0 saturated carbocycles. The fourth-order valence-corrected chi connectivity index (χ4v) is 0.257. The molecule has 0 aliphatic rings. The quantitative estimate of drug-likeness (QED) is 0.410. The molecule has 0 radical (unpaired) electrons. The first-order valence-corrected chi connectivity index (χ1v) is 2.35. The molecule has 50 valence electrons. The van der Waals surface area contributed by atoms with E-state index in [9.17, 15) is 0 Å². The fourth-order valence-electron chi connectivity index (χ4n) is 0.257. The third-order valence-corrected chi connectivity index (χ3v) is 1.10. The summed E-state index contributed by atoms with van der Waals surface area (Å²) in [4.78, 5) is 9.64. The summed E-state index contributed by atoms with van der Waals surface area (Å²) in [5.74, 6) is 0. The van der Waals surface area contributed by atoms with Crippen molar-refractivity contribution in [3.05, 3.63) is 0 Å². The number of hydrogen-bond donors (Lipinski definition) is 1. The van der Waals surface area contributed by atoms with Crippen LogP contribution in [0.3, 0.4) is 0 Å². The highest BCUT2D eigenvalue weighted by Gasteiger charge is 2.17. The van der Waals surface area contributed by atoms with Crippen LogP contribution in [0.5, 0.6) is 0 Å². The zero-order chi connectivity index (χ0) is 6.62. The van der Waals surface area contributed by atoms with Gasteiger partial charge in [0.2, 0.25) is 0 Å². The molecule has 4 nitrogen and oxygen atoms in total. The van der Waals surface area contributed by atoms with Gasteiger partial charge in [-0.05, 0) is 0 Å². The van der Waals surface area contributed by atoms with Crippen LogP contribution < -0.4 is 5.43 Å². The molecule has 0 saturated heterocycles. The second-order valence-electron chi connectivity index (χ2n) is 1.43. The Bertz CT molecular complexity index is 54.8. The van der Waals surface area contributed by atoms with Crippen molar-refractivity contribution in [1.82, 2.24) is 5.43 Å². The number of hydroxylamine groups is 2. The minimum atomic E-state index is -0.0417. The molecular weight excluding hydrogens is 108 g/mol. The maximum absolute atomic E-state index is 4.84. The van der Waals surface area contributed by atoms with Crippen LogP contribution in [0.15, 0.2) is 0 Å². The monoisotopic (exact) mass is 121 g/mol. The molecule has 0 spiro atoms. The molecule has 0 aliphatic carbocycles. The average Bonchev–Trinajstić information content (AvgIpc) is 1.87. The van der Waals surface area contributed by atoms with E-state index in [1.165, 1.54) is 0 Å². The van der Waals surface area contributed by atoms with Crippen molar-refractivity contribution in [2.45, 2.75) is 0 Å². The lowest BCUT2D eigenvalue weighted by Gasteiger charge is -2.22. The van der Waals surface area contributed by atoms with Gasteiger partial charge in [0.05, 0.1) is 0 Å². The summed E-state index contributed by atoms with van der Waals surface area (Å²) in [7, 11) is 6.59. The molecule has 0 aromatic heterocycles. The molecule has 0 fully saturated rings. The Morgan fingerprint density at radius 1 is 1.25 bits per heavy atom. The highest BCUT2D eigenvalue weighted by atomic mass is 17.0. The molecule has 0 bridgehead atoms. The SMILES string of the molecule is CN[N+](C)(OC)OC. The minimum absolute atomic E-state index is 0.0417. The van der Waals surface area contributed by atoms with Crippen LogP contribution >= 0.6 is 0 Å². The Balaban J connectivity index is 3.58. The summed E-state index contributed by atoms with van der Waals surface area (Å²) >= 11 is 0. The lowest BCUT2D eigenvalue weighted by Crippen LogP contribution is -2.50. The highest BCUT2D eigenvalue weighted by molar-refractivity contribution is 3.81. The van der Waals surface area contributed by atoms with E-state index < -0.39 is 0 Å². The van der Waals surface area contributed by atoms with Gasteiger partial charge >= 0.3 is 0 Å². The van der Waals surface area contributed by atoms with Crippen LogP contribution in [0.25, 0.3) is 0 Å². The first-order valence-electron chi connectivity index (χ1n) is 2.35. The molecule has 0 aliphatic heterocycles. The number of hydrogen-bond acceptors (Lipinski definition) is 3. The van der Waals surface area contributed by atoms with Crippen LogP contribution in [0.2, 0.25) is 0 Å². The highest BCUT2D eigenvalue weighted by Crippen LogP contribution is 1.92. The van der Waals surface area contributed by atoms with Crippen molar-refractivity contribution in [2.24, 2.45) is 0 Å². The van der Waals surface area contributed by atoms with Crippen molar-refractivity contribution < 1.29 is 14.6 Å². The van der Waals surface area contributed by atoms with Gasteiger partial charge in [-0.25, -0.2) is 0 Å². The first kappa shape index (κ1) is 7.84. The van der Waals surface area contributed by atoms with Gasteiger partial charge in [-0.1, -0.05) is 0 Å². The van der Waals surface area contributed by atoms with Gasteiger partial charge < -0.3 is 0 Å². The zero-order valence-electron chi connectivity index (χ0n) is 5.76. The Kier molecular flexibility index (Phi) is 2.93. The van der Waals surface area contributed by atoms with E-state index in [-0.39, 0.29) is 4.92 Å². The summed E-state index contributed by atoms with van der Waals surface area (Å²) in [5.41, 5.74) is 2.77. The molecule has 8 heavy (non-hydrogen) atoms. The molecule has 1 N–H and O–H groups in total. The van der Waals surface area contributed by atoms with Crippen LogP contribution in [-0.2, 0) is 9.68 Å². The second-order valence-corrected chi connectivity index (χ2v) is 1.43. The van der Waals surface area contributed by atoms with Crippen molar-refractivity contribution in [2.75, 3.05) is 28.3 Å². The lowest BCUT2D eigenvalue weighted by molar-refractivity contribution is -1.26. The van der Waals surface area contributed by atoms with E-state index >= 15 is 0 Å². The molecule has 0 aromatic rings. The van der Waals surface area contributed by atoms with Crippen molar-refractivity contribution in [3.8, 4) is 0 Å². The topological polar surface area (TPSA) is 30.5 Å². The normalized spacial score (nSPS) is 12.0. The largest absolute Gasteiger partial charge is 0.153 e. The van der Waals surface area contributed by atoms with E-state index in [0.717, 1.165) is 0 Å². The van der Waals surface area contributed by atoms with Gasteiger partial charge in [-0.3, -0.25) is 0 Å². The molecule has 4 heteroatoms. The Morgan fingerprint density at radius 3 is 1.62 bits per heavy atom. The van der Waals surface area contributed by atoms with Gasteiger partial charge in [0.1, 0.15) is 14.2 Å². The van der Waals surface area contributed by atoms with Gasteiger partial charge in [-0.2, -0.15) is 0 Å². The fraction of sp³-hybridized carbons (Fsp3) is 1.00. The first-order chi connectivity index (χ1) is 3.68. The second kappa shape index (κ2) is 2.99. The zero-order valence-corrected chi connectivity index (χ0v) is 5.76. The molecule has 0 unspecified atom stereocenters. The van der Waals surface area contributed by atoms with Crippen molar-refractivity contribution in [3.63, 3.8) is 0 Å². The number of nitrogens with one attached hydrogen (secondary N) is 1. The Morgan fingerprint density at radius 2 is 1.62 bits per heavy atom. The van der Waals surface area contributed by atoms with Crippen LogP contribution in [-0.4, -0.2) is 33.2 Å². The van der Waals surface area contributed by atoms with E-state index in [0.29, 0.717) is 0 Å². The van der Waals surface area contributed by atoms with Crippen molar-refractivity contribution >= 4 is 0 Å². The average molecular weight is 121 g/mol. The molecule has 0 heterocycles. The summed E-state index contributed by atoms with van der Waals surface area (Å²) in [5, 5.41) is 0. The van der Waals surface area contributed by atoms with E-state index in [2.05, 4.69) is 5.43 Å². The summed E-state index contributed by atoms with van der Waals surface area (Å²) in [6, 6.07) is 0. The molecule has 0 rings (SSSR count). The minimum Gasteiger partial charge on any atom is -0.150 e. The van der Waals surface area contributed by atoms with Crippen LogP contribution in [0.1, 0.15) is 0 Å². The smallest absolute Gasteiger partial charge is 0.150 e. The van der Waals surface area contributed by atoms with E-state index in [1.54, 1.807) is 28.3 Å². The maximum Gasteiger partial charge on any atom is 0.153 e.